The van der Waals surface area contributed by atoms with Gasteiger partial charge in [-0.3, -0.25) is 0 Å². The summed E-state index contributed by atoms with van der Waals surface area (Å²) in [5, 5.41) is 11.2. The van der Waals surface area contributed by atoms with Gasteiger partial charge in [0.25, 0.3) is 6.43 Å². The molecule has 1 aromatic rings. The highest BCUT2D eigenvalue weighted by atomic mass is 19.3. The second-order valence-corrected chi connectivity index (χ2v) is 3.15. The predicted molar refractivity (Wildman–Crippen MR) is 52.5 cm³/mol. The molecule has 3 nitrogen and oxygen atoms in total. The van der Waals surface area contributed by atoms with E-state index in [9.17, 15) is 13.6 Å². The van der Waals surface area contributed by atoms with Gasteiger partial charge in [0, 0.05) is 5.69 Å². The molecular formula is C10H11F2NO2. The molecular weight excluding hydrogens is 204 g/mol. The van der Waals surface area contributed by atoms with E-state index in [1.807, 2.05) is 0 Å². The summed E-state index contributed by atoms with van der Waals surface area (Å²) in [6.07, 6.45) is -2.49. The smallest absolute Gasteiger partial charge is 0.335 e. The van der Waals surface area contributed by atoms with Gasteiger partial charge in [-0.2, -0.15) is 0 Å². The standard InChI is InChI=1S/C10H11F2NO2/c1-6(9(11)12)13-8-4-2-3-7(5-8)10(14)15/h2-6,9,13H,1H3,(H,14,15). The molecule has 0 aliphatic carbocycles. The SMILES string of the molecule is CC(Nc1cccc(C(=O)O)c1)C(F)F. The van der Waals surface area contributed by atoms with E-state index >= 15 is 0 Å². The lowest BCUT2D eigenvalue weighted by Crippen LogP contribution is -2.23. The third-order valence-corrected chi connectivity index (χ3v) is 1.88. The highest BCUT2D eigenvalue weighted by Crippen LogP contribution is 2.14. The zero-order valence-corrected chi connectivity index (χ0v) is 8.08. The lowest BCUT2D eigenvalue weighted by molar-refractivity contribution is 0.0697. The highest BCUT2D eigenvalue weighted by Gasteiger charge is 2.14. The van der Waals surface area contributed by atoms with Crippen molar-refractivity contribution in [1.29, 1.82) is 0 Å². The minimum absolute atomic E-state index is 0.0708. The molecule has 82 valence electrons. The van der Waals surface area contributed by atoms with Crippen LogP contribution in [-0.4, -0.2) is 23.5 Å². The molecule has 1 aromatic carbocycles. The summed E-state index contributed by atoms with van der Waals surface area (Å²) < 4.78 is 24.4. The molecule has 1 unspecified atom stereocenters. The highest BCUT2D eigenvalue weighted by molar-refractivity contribution is 5.88. The summed E-state index contributed by atoms with van der Waals surface area (Å²) in [6, 6.07) is 4.77. The normalized spacial score (nSPS) is 12.5. The summed E-state index contributed by atoms with van der Waals surface area (Å²) in [5.74, 6) is -1.08. The topological polar surface area (TPSA) is 49.3 Å². The number of anilines is 1. The zero-order chi connectivity index (χ0) is 11.4. The molecule has 5 heteroatoms. The van der Waals surface area contributed by atoms with Crippen molar-refractivity contribution >= 4 is 11.7 Å². The van der Waals surface area contributed by atoms with Crippen LogP contribution in [0.15, 0.2) is 24.3 Å². The molecule has 0 aliphatic heterocycles. The number of carboxylic acids is 1. The van der Waals surface area contributed by atoms with E-state index in [2.05, 4.69) is 5.32 Å². The van der Waals surface area contributed by atoms with Gasteiger partial charge in [0.1, 0.15) is 0 Å². The second-order valence-electron chi connectivity index (χ2n) is 3.15. The van der Waals surface area contributed by atoms with Crippen molar-refractivity contribution in [3.05, 3.63) is 29.8 Å². The van der Waals surface area contributed by atoms with Crippen molar-refractivity contribution in [2.24, 2.45) is 0 Å². The van der Waals surface area contributed by atoms with Crippen LogP contribution in [0.2, 0.25) is 0 Å². The van der Waals surface area contributed by atoms with Crippen LogP contribution >= 0.6 is 0 Å². The Hall–Kier alpha value is -1.65. The molecule has 0 saturated carbocycles. The number of nitrogens with one attached hydrogen (secondary N) is 1. The number of hydrogen-bond acceptors (Lipinski definition) is 2. The Morgan fingerprint density at radius 2 is 2.13 bits per heavy atom. The first-order chi connectivity index (χ1) is 7.00. The maximum Gasteiger partial charge on any atom is 0.335 e. The molecule has 0 radical (unpaired) electrons. The van der Waals surface area contributed by atoms with Gasteiger partial charge in [0.2, 0.25) is 0 Å². The fourth-order valence-electron chi connectivity index (χ4n) is 1.07. The molecule has 0 heterocycles. The van der Waals surface area contributed by atoms with Crippen LogP contribution in [0.1, 0.15) is 17.3 Å². The van der Waals surface area contributed by atoms with Crippen LogP contribution in [0.3, 0.4) is 0 Å². The largest absolute Gasteiger partial charge is 0.478 e. The number of carboxylic acid groups (broad SMARTS) is 1. The van der Waals surface area contributed by atoms with Crippen LogP contribution in [-0.2, 0) is 0 Å². The van der Waals surface area contributed by atoms with Crippen LogP contribution in [0.25, 0.3) is 0 Å². The molecule has 0 amide bonds. The molecule has 0 aliphatic rings. The summed E-state index contributed by atoms with van der Waals surface area (Å²) in [6.45, 7) is 1.33. The van der Waals surface area contributed by atoms with Crippen LogP contribution in [0.5, 0.6) is 0 Å². The van der Waals surface area contributed by atoms with Crippen molar-refractivity contribution < 1.29 is 18.7 Å². The van der Waals surface area contributed by atoms with Gasteiger partial charge in [-0.1, -0.05) is 6.07 Å². The van der Waals surface area contributed by atoms with Gasteiger partial charge in [0.05, 0.1) is 11.6 Å². The van der Waals surface area contributed by atoms with Gasteiger partial charge in [-0.15, -0.1) is 0 Å². The van der Waals surface area contributed by atoms with E-state index in [0.717, 1.165) is 0 Å². The molecule has 2 N–H and O–H groups in total. The molecule has 0 bridgehead atoms. The predicted octanol–water partition coefficient (Wildman–Crippen LogP) is 2.45. The van der Waals surface area contributed by atoms with Gasteiger partial charge < -0.3 is 10.4 Å². The van der Waals surface area contributed by atoms with Crippen LogP contribution in [0, 0.1) is 0 Å². The lowest BCUT2D eigenvalue weighted by atomic mass is 10.2. The van der Waals surface area contributed by atoms with Crippen LogP contribution < -0.4 is 5.32 Å². The molecule has 0 saturated heterocycles. The van der Waals surface area contributed by atoms with Gasteiger partial charge in [0.15, 0.2) is 0 Å². The Bertz CT molecular complexity index is 355. The molecule has 0 fully saturated rings. The average molecular weight is 215 g/mol. The van der Waals surface area contributed by atoms with E-state index in [1.54, 1.807) is 6.07 Å². The zero-order valence-electron chi connectivity index (χ0n) is 8.08. The number of alkyl halides is 2. The molecule has 15 heavy (non-hydrogen) atoms. The molecule has 1 rings (SSSR count). The monoisotopic (exact) mass is 215 g/mol. The van der Waals surface area contributed by atoms with Crippen molar-refractivity contribution in [2.75, 3.05) is 5.32 Å². The lowest BCUT2D eigenvalue weighted by Gasteiger charge is -2.14. The summed E-state index contributed by atoms with van der Waals surface area (Å²) >= 11 is 0. The number of aromatic carboxylic acids is 1. The van der Waals surface area contributed by atoms with Crippen molar-refractivity contribution in [2.45, 2.75) is 19.4 Å². The quantitative estimate of drug-likeness (QED) is 0.811. The number of rotatable bonds is 4. The fraction of sp³-hybridized carbons (Fsp3) is 0.300. The average Bonchev–Trinajstić information content (AvgIpc) is 2.18. The van der Waals surface area contributed by atoms with E-state index in [0.29, 0.717) is 5.69 Å². The van der Waals surface area contributed by atoms with E-state index in [-0.39, 0.29) is 5.56 Å². The van der Waals surface area contributed by atoms with Crippen molar-refractivity contribution in [1.82, 2.24) is 0 Å². The third-order valence-electron chi connectivity index (χ3n) is 1.88. The molecule has 0 spiro atoms. The Labute approximate surface area is 85.7 Å². The van der Waals surface area contributed by atoms with Gasteiger partial charge in [-0.05, 0) is 25.1 Å². The minimum Gasteiger partial charge on any atom is -0.478 e. The third kappa shape index (κ3) is 3.19. The minimum atomic E-state index is -2.49. The fourth-order valence-corrected chi connectivity index (χ4v) is 1.07. The Kier molecular flexibility index (Phi) is 3.60. The number of hydrogen-bond donors (Lipinski definition) is 2. The van der Waals surface area contributed by atoms with Crippen molar-refractivity contribution in [3.8, 4) is 0 Å². The summed E-state index contributed by atoms with van der Waals surface area (Å²) in [7, 11) is 0. The van der Waals surface area contributed by atoms with Gasteiger partial charge in [-0.25, -0.2) is 13.6 Å². The summed E-state index contributed by atoms with van der Waals surface area (Å²) in [5.41, 5.74) is 0.448. The Morgan fingerprint density at radius 1 is 1.47 bits per heavy atom. The maximum absolute atomic E-state index is 12.2. The number of carbonyl (C=O) groups is 1. The Morgan fingerprint density at radius 3 is 2.67 bits per heavy atom. The van der Waals surface area contributed by atoms with Crippen LogP contribution in [0.4, 0.5) is 14.5 Å². The first-order valence-corrected chi connectivity index (χ1v) is 4.38. The summed E-state index contributed by atoms with van der Waals surface area (Å²) in [4.78, 5) is 10.6. The van der Waals surface area contributed by atoms with E-state index in [1.165, 1.54) is 25.1 Å². The first kappa shape index (κ1) is 11.4. The van der Waals surface area contributed by atoms with Gasteiger partial charge >= 0.3 is 5.97 Å². The molecule has 1 atom stereocenters. The Balaban J connectivity index is 2.78. The second kappa shape index (κ2) is 4.72. The van der Waals surface area contributed by atoms with E-state index < -0.39 is 18.4 Å². The number of halogens is 2. The molecule has 0 aromatic heterocycles. The first-order valence-electron chi connectivity index (χ1n) is 4.38. The van der Waals surface area contributed by atoms with E-state index in [4.69, 9.17) is 5.11 Å². The van der Waals surface area contributed by atoms with Crippen molar-refractivity contribution in [3.63, 3.8) is 0 Å². The number of benzene rings is 1. The maximum atomic E-state index is 12.2.